The lowest BCUT2D eigenvalue weighted by Gasteiger charge is -2.34. The number of fused-ring (bicyclic) bond motifs is 3. The number of hydrogen-bond acceptors (Lipinski definition) is 4. The van der Waals surface area contributed by atoms with Gasteiger partial charge in [-0.3, -0.25) is 9.59 Å². The van der Waals surface area contributed by atoms with Gasteiger partial charge in [-0.1, -0.05) is 139 Å². The standard InChI is InChI=1S/C51H52N2O4/c1-33(56-41-29-21-35(22-30-41)49(3,4)5)47(54)52-39-25-17-37(18-26-39)51(45-15-11-9-13-43(45)44-14-10-12-16-46(44)51)38-19-27-40(28-20-38)53-48(55)34(2)57-42-31-23-36(24-32-42)50(6,7)8/h9-34H,1-8H3,(H,52,54)(H,53,55). The van der Waals surface area contributed by atoms with E-state index in [1.54, 1.807) is 13.8 Å². The van der Waals surface area contributed by atoms with Crippen LogP contribution in [0.3, 0.4) is 0 Å². The molecule has 6 heteroatoms. The summed E-state index contributed by atoms with van der Waals surface area (Å²) in [4.78, 5) is 26.6. The second-order valence-corrected chi connectivity index (χ2v) is 17.0. The molecular formula is C51H52N2O4. The Kier molecular flexibility index (Phi) is 10.6. The number of carbonyl (C=O) groups excluding carboxylic acids is 2. The van der Waals surface area contributed by atoms with Gasteiger partial charge in [-0.15, -0.1) is 0 Å². The fourth-order valence-electron chi connectivity index (χ4n) is 7.70. The van der Waals surface area contributed by atoms with E-state index in [-0.39, 0.29) is 22.6 Å². The lowest BCUT2D eigenvalue weighted by atomic mass is 9.67. The molecule has 0 saturated heterocycles. The molecule has 0 spiro atoms. The summed E-state index contributed by atoms with van der Waals surface area (Å²) < 4.78 is 12.0. The van der Waals surface area contributed by atoms with Gasteiger partial charge in [0.1, 0.15) is 11.5 Å². The first kappa shape index (κ1) is 39.1. The smallest absolute Gasteiger partial charge is 0.265 e. The van der Waals surface area contributed by atoms with Crippen molar-refractivity contribution in [3.05, 3.63) is 179 Å². The molecule has 2 amide bonds. The Hall–Kier alpha value is -6.14. The number of rotatable bonds is 10. The van der Waals surface area contributed by atoms with Crippen LogP contribution in [0.1, 0.15) is 88.8 Å². The molecule has 0 bridgehead atoms. The minimum Gasteiger partial charge on any atom is -0.481 e. The molecule has 6 aromatic carbocycles. The molecule has 7 rings (SSSR count). The first-order chi connectivity index (χ1) is 27.1. The SMILES string of the molecule is CC(Oc1ccc(C(C)(C)C)cc1)C(=O)Nc1ccc(C2(c3ccc(NC(=O)C(C)Oc4ccc(C(C)(C)C)cc4)cc3)c3ccccc3-c3ccccc32)cc1. The highest BCUT2D eigenvalue weighted by Crippen LogP contribution is 2.56. The molecule has 290 valence electrons. The average molecular weight is 757 g/mol. The Morgan fingerprint density at radius 3 is 1.14 bits per heavy atom. The maximum Gasteiger partial charge on any atom is 0.265 e. The van der Waals surface area contributed by atoms with Crippen molar-refractivity contribution in [2.45, 2.75) is 83.8 Å². The van der Waals surface area contributed by atoms with Crippen LogP contribution >= 0.6 is 0 Å². The number of benzene rings is 6. The van der Waals surface area contributed by atoms with Crippen molar-refractivity contribution in [1.82, 2.24) is 0 Å². The molecule has 0 aromatic heterocycles. The van der Waals surface area contributed by atoms with E-state index in [1.807, 2.05) is 72.8 Å². The quantitative estimate of drug-likeness (QED) is 0.146. The molecular weight excluding hydrogens is 705 g/mol. The normalized spacial score (nSPS) is 14.1. The highest BCUT2D eigenvalue weighted by atomic mass is 16.5. The van der Waals surface area contributed by atoms with Gasteiger partial charge >= 0.3 is 0 Å². The third-order valence-corrected chi connectivity index (χ3v) is 10.9. The Balaban J connectivity index is 1.13. The van der Waals surface area contributed by atoms with Gasteiger partial charge in [0.25, 0.3) is 11.8 Å². The maximum atomic E-state index is 13.3. The molecule has 2 N–H and O–H groups in total. The molecule has 1 aliphatic rings. The molecule has 6 nitrogen and oxygen atoms in total. The van der Waals surface area contributed by atoms with E-state index in [0.29, 0.717) is 22.9 Å². The molecule has 1 aliphatic carbocycles. The zero-order valence-electron chi connectivity index (χ0n) is 34.1. The lowest BCUT2D eigenvalue weighted by molar-refractivity contribution is -0.122. The first-order valence-electron chi connectivity index (χ1n) is 19.7. The second-order valence-electron chi connectivity index (χ2n) is 17.0. The first-order valence-corrected chi connectivity index (χ1v) is 19.7. The van der Waals surface area contributed by atoms with E-state index in [9.17, 15) is 9.59 Å². The molecule has 0 saturated carbocycles. The van der Waals surface area contributed by atoms with Crippen LogP contribution in [0.25, 0.3) is 11.1 Å². The highest BCUT2D eigenvalue weighted by molar-refractivity contribution is 5.95. The summed E-state index contributed by atoms with van der Waals surface area (Å²) in [5, 5.41) is 6.10. The van der Waals surface area contributed by atoms with Crippen molar-refractivity contribution >= 4 is 23.2 Å². The highest BCUT2D eigenvalue weighted by Gasteiger charge is 2.45. The minimum absolute atomic E-state index is 0.0327. The predicted molar refractivity (Wildman–Crippen MR) is 231 cm³/mol. The van der Waals surface area contributed by atoms with Crippen LogP contribution in [0.5, 0.6) is 11.5 Å². The van der Waals surface area contributed by atoms with Crippen molar-refractivity contribution in [1.29, 1.82) is 0 Å². The maximum absolute atomic E-state index is 13.3. The number of anilines is 2. The van der Waals surface area contributed by atoms with Crippen LogP contribution in [-0.4, -0.2) is 24.0 Å². The van der Waals surface area contributed by atoms with E-state index in [0.717, 1.165) is 11.1 Å². The van der Waals surface area contributed by atoms with E-state index in [4.69, 9.17) is 9.47 Å². The number of carbonyl (C=O) groups is 2. The molecule has 2 atom stereocenters. The molecule has 0 heterocycles. The summed E-state index contributed by atoms with van der Waals surface area (Å²) in [6.07, 6.45) is -1.39. The second kappa shape index (κ2) is 15.4. The Morgan fingerprint density at radius 1 is 0.474 bits per heavy atom. The van der Waals surface area contributed by atoms with Gasteiger partial charge in [0, 0.05) is 11.4 Å². The van der Waals surface area contributed by atoms with Gasteiger partial charge in [-0.2, -0.15) is 0 Å². The monoisotopic (exact) mass is 756 g/mol. The van der Waals surface area contributed by atoms with Gasteiger partial charge < -0.3 is 20.1 Å². The zero-order chi connectivity index (χ0) is 40.5. The van der Waals surface area contributed by atoms with Gasteiger partial charge in [-0.25, -0.2) is 0 Å². The summed E-state index contributed by atoms with van der Waals surface area (Å²) in [5.41, 5.74) is 9.96. The zero-order valence-corrected chi connectivity index (χ0v) is 34.1. The number of nitrogens with one attached hydrogen (secondary N) is 2. The number of amides is 2. The summed E-state index contributed by atoms with van der Waals surface area (Å²) in [6.45, 7) is 16.5. The van der Waals surface area contributed by atoms with Crippen LogP contribution in [0.4, 0.5) is 11.4 Å². The van der Waals surface area contributed by atoms with Gasteiger partial charge in [-0.05, 0) is 118 Å². The van der Waals surface area contributed by atoms with Crippen molar-refractivity contribution < 1.29 is 19.1 Å². The van der Waals surface area contributed by atoms with Crippen LogP contribution in [0.15, 0.2) is 146 Å². The average Bonchev–Trinajstić information content (AvgIpc) is 3.49. The van der Waals surface area contributed by atoms with E-state index >= 15 is 0 Å². The molecule has 0 fully saturated rings. The topological polar surface area (TPSA) is 76.7 Å². The van der Waals surface area contributed by atoms with Crippen molar-refractivity contribution in [2.24, 2.45) is 0 Å². The van der Waals surface area contributed by atoms with Gasteiger partial charge in [0.15, 0.2) is 12.2 Å². The Morgan fingerprint density at radius 2 is 0.807 bits per heavy atom. The predicted octanol–water partition coefficient (Wildman–Crippen LogP) is 11.5. The van der Waals surface area contributed by atoms with Gasteiger partial charge in [0.2, 0.25) is 0 Å². The summed E-state index contributed by atoms with van der Waals surface area (Å²) in [5.74, 6) is 0.836. The van der Waals surface area contributed by atoms with E-state index in [2.05, 4.69) is 125 Å². The van der Waals surface area contributed by atoms with Crippen molar-refractivity contribution in [2.75, 3.05) is 10.6 Å². The van der Waals surface area contributed by atoms with Crippen LogP contribution < -0.4 is 20.1 Å². The molecule has 2 unspecified atom stereocenters. The lowest BCUT2D eigenvalue weighted by Crippen LogP contribution is -2.31. The fourth-order valence-corrected chi connectivity index (χ4v) is 7.70. The molecule has 0 aliphatic heterocycles. The molecule has 57 heavy (non-hydrogen) atoms. The summed E-state index contributed by atoms with van der Waals surface area (Å²) >= 11 is 0. The molecule has 6 aromatic rings. The van der Waals surface area contributed by atoms with Gasteiger partial charge in [0.05, 0.1) is 5.41 Å². The fraction of sp³-hybridized carbons (Fsp3) is 0.255. The summed E-state index contributed by atoms with van der Waals surface area (Å²) in [7, 11) is 0. The largest absolute Gasteiger partial charge is 0.481 e. The number of ether oxygens (including phenoxy) is 2. The number of hydrogen-bond donors (Lipinski definition) is 2. The van der Waals surface area contributed by atoms with Crippen LogP contribution in [0, 0.1) is 0 Å². The summed E-state index contributed by atoms with van der Waals surface area (Å²) in [6, 6.07) is 49.1. The van der Waals surface area contributed by atoms with Crippen molar-refractivity contribution in [3.63, 3.8) is 0 Å². The third-order valence-electron chi connectivity index (χ3n) is 10.9. The Bertz CT molecular complexity index is 2200. The van der Waals surface area contributed by atoms with Crippen LogP contribution in [-0.2, 0) is 25.8 Å². The van der Waals surface area contributed by atoms with E-state index < -0.39 is 17.6 Å². The van der Waals surface area contributed by atoms with Crippen LogP contribution in [0.2, 0.25) is 0 Å². The van der Waals surface area contributed by atoms with E-state index in [1.165, 1.54) is 33.4 Å². The molecule has 0 radical (unpaired) electrons. The van der Waals surface area contributed by atoms with Crippen molar-refractivity contribution in [3.8, 4) is 22.6 Å². The minimum atomic E-state index is -0.696. The third kappa shape index (κ3) is 7.95. The Labute approximate surface area is 337 Å².